The Bertz CT molecular complexity index is 281. The molecule has 18 heavy (non-hydrogen) atoms. The van der Waals surface area contributed by atoms with Crippen molar-refractivity contribution in [2.75, 3.05) is 0 Å². The summed E-state index contributed by atoms with van der Waals surface area (Å²) in [5.74, 6) is 0.0217. The highest BCUT2D eigenvalue weighted by Crippen LogP contribution is 2.16. The highest BCUT2D eigenvalue weighted by Gasteiger charge is 2.29. The molecule has 0 rings (SSSR count). The first-order chi connectivity index (χ1) is 7.85. The van der Waals surface area contributed by atoms with E-state index in [0.29, 0.717) is 0 Å². The van der Waals surface area contributed by atoms with Gasteiger partial charge < -0.3 is 10.6 Å². The van der Waals surface area contributed by atoms with Gasteiger partial charge in [-0.05, 0) is 5.92 Å². The quantitative estimate of drug-likeness (QED) is 0.761. The van der Waals surface area contributed by atoms with Crippen molar-refractivity contribution in [1.82, 2.24) is 10.6 Å². The zero-order chi connectivity index (χ0) is 14.7. The van der Waals surface area contributed by atoms with E-state index in [-0.39, 0.29) is 23.9 Å². The SMILES string of the molecule is CC(C)C(NC(=O)C(C)(C)C)NC(=O)C(C)(C)C. The maximum atomic E-state index is 11.9. The van der Waals surface area contributed by atoms with Crippen LogP contribution in [0.4, 0.5) is 0 Å². The number of rotatable bonds is 3. The molecule has 0 spiro atoms. The molecule has 0 aliphatic rings. The second-order valence-electron chi connectivity index (χ2n) is 7.17. The first kappa shape index (κ1) is 16.9. The van der Waals surface area contributed by atoms with Crippen LogP contribution in [0.1, 0.15) is 55.4 Å². The fraction of sp³-hybridized carbons (Fsp3) is 0.857. The van der Waals surface area contributed by atoms with Crippen LogP contribution in [0.25, 0.3) is 0 Å². The van der Waals surface area contributed by atoms with Gasteiger partial charge in [0.15, 0.2) is 0 Å². The van der Waals surface area contributed by atoms with E-state index in [1.165, 1.54) is 0 Å². The van der Waals surface area contributed by atoms with Crippen LogP contribution < -0.4 is 10.6 Å². The summed E-state index contributed by atoms with van der Waals surface area (Å²) in [6.45, 7) is 15.1. The Kier molecular flexibility index (Phi) is 5.38. The highest BCUT2D eigenvalue weighted by molar-refractivity contribution is 5.84. The molecule has 0 atom stereocenters. The lowest BCUT2D eigenvalue weighted by atomic mass is 9.93. The first-order valence-corrected chi connectivity index (χ1v) is 6.47. The molecule has 0 fully saturated rings. The first-order valence-electron chi connectivity index (χ1n) is 6.47. The van der Waals surface area contributed by atoms with E-state index < -0.39 is 10.8 Å². The molecule has 0 unspecified atom stereocenters. The van der Waals surface area contributed by atoms with Gasteiger partial charge in [-0.15, -0.1) is 0 Å². The van der Waals surface area contributed by atoms with Crippen molar-refractivity contribution in [3.05, 3.63) is 0 Å². The van der Waals surface area contributed by atoms with Crippen LogP contribution in [-0.4, -0.2) is 18.0 Å². The molecule has 0 bridgehead atoms. The van der Waals surface area contributed by atoms with Crippen LogP contribution in [-0.2, 0) is 9.59 Å². The average molecular weight is 256 g/mol. The van der Waals surface area contributed by atoms with Crippen molar-refractivity contribution >= 4 is 11.8 Å². The van der Waals surface area contributed by atoms with E-state index in [9.17, 15) is 9.59 Å². The summed E-state index contributed by atoms with van der Waals surface area (Å²) < 4.78 is 0. The number of nitrogens with one attached hydrogen (secondary N) is 2. The monoisotopic (exact) mass is 256 g/mol. The molecule has 0 radical (unpaired) electrons. The molecule has 0 aromatic rings. The minimum absolute atomic E-state index is 0.0598. The van der Waals surface area contributed by atoms with E-state index in [2.05, 4.69) is 10.6 Å². The minimum atomic E-state index is -0.459. The van der Waals surface area contributed by atoms with Gasteiger partial charge in [0.2, 0.25) is 11.8 Å². The van der Waals surface area contributed by atoms with Crippen LogP contribution >= 0.6 is 0 Å². The predicted octanol–water partition coefficient (Wildman–Crippen LogP) is 2.29. The van der Waals surface area contributed by atoms with Gasteiger partial charge in [-0.1, -0.05) is 55.4 Å². The molecule has 2 amide bonds. The van der Waals surface area contributed by atoms with Gasteiger partial charge in [0, 0.05) is 10.8 Å². The van der Waals surface area contributed by atoms with Crippen molar-refractivity contribution in [3.63, 3.8) is 0 Å². The van der Waals surface area contributed by atoms with Gasteiger partial charge in [-0.2, -0.15) is 0 Å². The number of hydrogen-bond acceptors (Lipinski definition) is 2. The van der Waals surface area contributed by atoms with E-state index in [0.717, 1.165) is 0 Å². The number of carbonyl (C=O) groups excluding carboxylic acids is 2. The standard InChI is InChI=1S/C14H28N2O2/c1-9(2)10(15-11(17)13(3,4)5)16-12(18)14(6,7)8/h9-10H,1-8H3,(H,15,17)(H,16,18). The minimum Gasteiger partial charge on any atom is -0.335 e. The number of hydrogen-bond donors (Lipinski definition) is 2. The Morgan fingerprint density at radius 3 is 1.22 bits per heavy atom. The number of amides is 2. The third-order valence-electron chi connectivity index (χ3n) is 2.60. The lowest BCUT2D eigenvalue weighted by Gasteiger charge is -2.30. The molecule has 0 heterocycles. The maximum absolute atomic E-state index is 11.9. The highest BCUT2D eigenvalue weighted by atomic mass is 16.2. The maximum Gasteiger partial charge on any atom is 0.226 e. The number of carbonyl (C=O) groups is 2. The second-order valence-corrected chi connectivity index (χ2v) is 7.17. The second kappa shape index (κ2) is 5.72. The topological polar surface area (TPSA) is 58.2 Å². The van der Waals surface area contributed by atoms with Gasteiger partial charge in [0.05, 0.1) is 0 Å². The summed E-state index contributed by atoms with van der Waals surface area (Å²) in [5, 5.41) is 5.78. The third kappa shape index (κ3) is 5.52. The molecule has 4 heteroatoms. The molecule has 0 aliphatic carbocycles. The molecular formula is C14H28N2O2. The Morgan fingerprint density at radius 2 is 1.06 bits per heavy atom. The molecule has 106 valence electrons. The van der Waals surface area contributed by atoms with E-state index in [1.807, 2.05) is 55.4 Å². The van der Waals surface area contributed by atoms with Crippen molar-refractivity contribution in [2.45, 2.75) is 61.6 Å². The van der Waals surface area contributed by atoms with Crippen molar-refractivity contribution < 1.29 is 9.59 Å². The Morgan fingerprint density at radius 1 is 0.778 bits per heavy atom. The summed E-state index contributed by atoms with van der Waals surface area (Å²) in [6.07, 6.45) is -0.330. The van der Waals surface area contributed by atoms with Crippen LogP contribution in [0.15, 0.2) is 0 Å². The smallest absolute Gasteiger partial charge is 0.226 e. The van der Waals surface area contributed by atoms with Crippen molar-refractivity contribution in [1.29, 1.82) is 0 Å². The predicted molar refractivity (Wildman–Crippen MR) is 73.8 cm³/mol. The summed E-state index contributed by atoms with van der Waals surface area (Å²) in [6, 6.07) is 0. The molecule has 0 aliphatic heterocycles. The van der Waals surface area contributed by atoms with Gasteiger partial charge >= 0.3 is 0 Å². The van der Waals surface area contributed by atoms with Crippen LogP contribution in [0.5, 0.6) is 0 Å². The normalized spacial score (nSPS) is 12.8. The third-order valence-corrected chi connectivity index (χ3v) is 2.60. The lowest BCUT2D eigenvalue weighted by Crippen LogP contribution is -2.55. The van der Waals surface area contributed by atoms with Gasteiger partial charge in [0.25, 0.3) is 0 Å². The van der Waals surface area contributed by atoms with Gasteiger partial charge in [0.1, 0.15) is 6.17 Å². The molecule has 0 saturated carbocycles. The molecule has 0 saturated heterocycles. The largest absolute Gasteiger partial charge is 0.335 e. The zero-order valence-corrected chi connectivity index (χ0v) is 13.0. The zero-order valence-electron chi connectivity index (χ0n) is 13.0. The lowest BCUT2D eigenvalue weighted by molar-refractivity contribution is -0.133. The molecule has 4 nitrogen and oxygen atoms in total. The summed E-state index contributed by atoms with van der Waals surface area (Å²) in [7, 11) is 0. The summed E-state index contributed by atoms with van der Waals surface area (Å²) in [5.41, 5.74) is -0.917. The molecule has 0 aromatic carbocycles. The van der Waals surface area contributed by atoms with Crippen LogP contribution in [0, 0.1) is 16.7 Å². The Hall–Kier alpha value is -1.06. The van der Waals surface area contributed by atoms with Crippen molar-refractivity contribution in [2.24, 2.45) is 16.7 Å². The van der Waals surface area contributed by atoms with E-state index in [4.69, 9.17) is 0 Å². The van der Waals surface area contributed by atoms with Crippen LogP contribution in [0.3, 0.4) is 0 Å². The fourth-order valence-electron chi connectivity index (χ4n) is 1.08. The Labute approximate surface area is 111 Å². The fourth-order valence-corrected chi connectivity index (χ4v) is 1.08. The molecule has 2 N–H and O–H groups in total. The summed E-state index contributed by atoms with van der Waals surface area (Å²) in [4.78, 5) is 23.9. The molecular weight excluding hydrogens is 228 g/mol. The summed E-state index contributed by atoms with van der Waals surface area (Å²) >= 11 is 0. The molecule has 0 aromatic heterocycles. The van der Waals surface area contributed by atoms with Crippen molar-refractivity contribution in [3.8, 4) is 0 Å². The van der Waals surface area contributed by atoms with E-state index in [1.54, 1.807) is 0 Å². The van der Waals surface area contributed by atoms with Gasteiger partial charge in [-0.25, -0.2) is 0 Å². The van der Waals surface area contributed by atoms with Crippen LogP contribution in [0.2, 0.25) is 0 Å². The Balaban J connectivity index is 4.71. The van der Waals surface area contributed by atoms with E-state index >= 15 is 0 Å². The average Bonchev–Trinajstić information content (AvgIpc) is 2.12. The van der Waals surface area contributed by atoms with Gasteiger partial charge in [-0.3, -0.25) is 9.59 Å².